The second kappa shape index (κ2) is 4.21. The van der Waals surface area contributed by atoms with Gasteiger partial charge in [0.2, 0.25) is 0 Å². The molecule has 0 atom stereocenters. The Morgan fingerprint density at radius 3 is 2.92 bits per heavy atom. The summed E-state index contributed by atoms with van der Waals surface area (Å²) in [5.74, 6) is 0. The molecule has 3 nitrogen and oxygen atoms in total. The van der Waals surface area contributed by atoms with E-state index in [4.69, 9.17) is 0 Å². The summed E-state index contributed by atoms with van der Waals surface area (Å²) in [6.07, 6.45) is 4.90. The highest BCUT2D eigenvalue weighted by Crippen LogP contribution is 2.10. The number of carbonyl (C=O) groups is 1. The molecule has 4 heteroatoms. The molecule has 0 aliphatic heterocycles. The minimum atomic E-state index is 0.403. The maximum Gasteiger partial charge on any atom is 0.187 e. The van der Waals surface area contributed by atoms with Crippen molar-refractivity contribution in [1.82, 2.24) is 9.97 Å². The fourth-order valence-electron chi connectivity index (χ4n) is 0.859. The number of nitrogens with zero attached hydrogens (tertiary/aromatic N) is 2. The Morgan fingerprint density at radius 2 is 2.42 bits per heavy atom. The minimum Gasteiger partial charge on any atom is -0.303 e. The molecular weight excluding hydrogens is 172 g/mol. The van der Waals surface area contributed by atoms with Crippen LogP contribution in [0.15, 0.2) is 11.4 Å². The largest absolute Gasteiger partial charge is 0.303 e. The first-order chi connectivity index (χ1) is 5.77. The zero-order valence-electron chi connectivity index (χ0n) is 7.07. The SMILES string of the molecule is CSc1ncc(CC=O)c(C)n1. The lowest BCUT2D eigenvalue weighted by molar-refractivity contribution is -0.107. The number of hydrogen-bond donors (Lipinski definition) is 0. The molecular formula is C8H10N2OS. The Bertz CT molecular complexity index is 288. The molecule has 0 radical (unpaired) electrons. The number of aldehydes is 1. The highest BCUT2D eigenvalue weighted by atomic mass is 32.2. The Hall–Kier alpha value is -0.900. The quantitative estimate of drug-likeness (QED) is 0.401. The van der Waals surface area contributed by atoms with E-state index in [-0.39, 0.29) is 0 Å². The summed E-state index contributed by atoms with van der Waals surface area (Å²) < 4.78 is 0. The van der Waals surface area contributed by atoms with Gasteiger partial charge in [-0.1, -0.05) is 11.8 Å². The summed E-state index contributed by atoms with van der Waals surface area (Å²) in [6.45, 7) is 1.89. The lowest BCUT2D eigenvalue weighted by Crippen LogP contribution is -1.97. The van der Waals surface area contributed by atoms with Gasteiger partial charge in [-0.2, -0.15) is 0 Å². The predicted molar refractivity (Wildman–Crippen MR) is 48.3 cm³/mol. The van der Waals surface area contributed by atoms with Crippen LogP contribution in [0.3, 0.4) is 0 Å². The topological polar surface area (TPSA) is 42.9 Å². The van der Waals surface area contributed by atoms with Crippen molar-refractivity contribution in [2.45, 2.75) is 18.5 Å². The van der Waals surface area contributed by atoms with Gasteiger partial charge in [-0.3, -0.25) is 0 Å². The van der Waals surface area contributed by atoms with E-state index in [0.717, 1.165) is 22.7 Å². The zero-order valence-corrected chi connectivity index (χ0v) is 7.89. The average molecular weight is 182 g/mol. The van der Waals surface area contributed by atoms with Crippen molar-refractivity contribution < 1.29 is 4.79 Å². The summed E-state index contributed by atoms with van der Waals surface area (Å²) in [5, 5.41) is 0.752. The molecule has 12 heavy (non-hydrogen) atoms. The third-order valence-electron chi connectivity index (χ3n) is 1.54. The Balaban J connectivity index is 2.94. The number of aryl methyl sites for hydroxylation is 1. The number of hydrogen-bond acceptors (Lipinski definition) is 4. The van der Waals surface area contributed by atoms with Crippen LogP contribution < -0.4 is 0 Å². The van der Waals surface area contributed by atoms with Gasteiger partial charge in [0.25, 0.3) is 0 Å². The molecule has 0 aliphatic carbocycles. The Morgan fingerprint density at radius 1 is 1.67 bits per heavy atom. The molecule has 0 N–H and O–H groups in total. The minimum absolute atomic E-state index is 0.403. The summed E-state index contributed by atoms with van der Waals surface area (Å²) in [5.41, 5.74) is 1.80. The highest BCUT2D eigenvalue weighted by molar-refractivity contribution is 7.98. The van der Waals surface area contributed by atoms with Crippen LogP contribution in [0.1, 0.15) is 11.3 Å². The number of aromatic nitrogens is 2. The molecule has 1 aromatic heterocycles. The highest BCUT2D eigenvalue weighted by Gasteiger charge is 2.00. The van der Waals surface area contributed by atoms with Crippen molar-refractivity contribution in [3.8, 4) is 0 Å². The van der Waals surface area contributed by atoms with E-state index in [0.29, 0.717) is 6.42 Å². The van der Waals surface area contributed by atoms with Crippen molar-refractivity contribution in [2.24, 2.45) is 0 Å². The fourth-order valence-corrected chi connectivity index (χ4v) is 1.25. The van der Waals surface area contributed by atoms with Gasteiger partial charge in [-0.25, -0.2) is 9.97 Å². The van der Waals surface area contributed by atoms with Crippen molar-refractivity contribution in [3.63, 3.8) is 0 Å². The van der Waals surface area contributed by atoms with Gasteiger partial charge in [0, 0.05) is 18.3 Å². The second-order valence-electron chi connectivity index (χ2n) is 2.34. The molecule has 0 saturated heterocycles. The first-order valence-corrected chi connectivity index (χ1v) is 4.80. The third kappa shape index (κ3) is 2.04. The summed E-state index contributed by atoms with van der Waals surface area (Å²) in [6, 6.07) is 0. The lowest BCUT2D eigenvalue weighted by atomic mass is 10.2. The maximum atomic E-state index is 10.2. The number of thioether (sulfide) groups is 1. The van der Waals surface area contributed by atoms with Crippen molar-refractivity contribution >= 4 is 18.0 Å². The molecule has 1 heterocycles. The smallest absolute Gasteiger partial charge is 0.187 e. The summed E-state index contributed by atoms with van der Waals surface area (Å²) >= 11 is 1.50. The van der Waals surface area contributed by atoms with Crippen molar-refractivity contribution in [1.29, 1.82) is 0 Å². The van der Waals surface area contributed by atoms with Crippen molar-refractivity contribution in [2.75, 3.05) is 6.26 Å². The van der Waals surface area contributed by atoms with Gasteiger partial charge < -0.3 is 4.79 Å². The summed E-state index contributed by atoms with van der Waals surface area (Å²) in [4.78, 5) is 18.5. The van der Waals surface area contributed by atoms with E-state index in [1.807, 2.05) is 13.2 Å². The van der Waals surface area contributed by atoms with Gasteiger partial charge in [0.1, 0.15) is 6.29 Å². The van der Waals surface area contributed by atoms with E-state index in [9.17, 15) is 4.79 Å². The van der Waals surface area contributed by atoms with Crippen LogP contribution in [0.4, 0.5) is 0 Å². The van der Waals surface area contributed by atoms with Crippen LogP contribution in [0.2, 0.25) is 0 Å². The van der Waals surface area contributed by atoms with E-state index in [1.165, 1.54) is 11.8 Å². The molecule has 64 valence electrons. The van der Waals surface area contributed by atoms with Gasteiger partial charge in [0.15, 0.2) is 5.16 Å². The van der Waals surface area contributed by atoms with Crippen molar-refractivity contribution in [3.05, 3.63) is 17.5 Å². The molecule has 1 aromatic rings. The molecule has 0 aromatic carbocycles. The molecule has 0 amide bonds. The number of carbonyl (C=O) groups excluding carboxylic acids is 1. The van der Waals surface area contributed by atoms with E-state index < -0.39 is 0 Å². The molecule has 0 aliphatic rings. The van der Waals surface area contributed by atoms with E-state index in [2.05, 4.69) is 9.97 Å². The standard InChI is InChI=1S/C8H10N2OS/c1-6-7(3-4-11)5-9-8(10-6)12-2/h4-5H,3H2,1-2H3. The summed E-state index contributed by atoms with van der Waals surface area (Å²) in [7, 11) is 0. The van der Waals surface area contributed by atoms with E-state index in [1.54, 1.807) is 6.20 Å². The molecule has 0 bridgehead atoms. The molecule has 0 spiro atoms. The fraction of sp³-hybridized carbons (Fsp3) is 0.375. The number of rotatable bonds is 3. The monoisotopic (exact) mass is 182 g/mol. The van der Waals surface area contributed by atoms with Crippen LogP contribution in [-0.2, 0) is 11.2 Å². The first kappa shape index (κ1) is 9.19. The van der Waals surface area contributed by atoms with Gasteiger partial charge in [0.05, 0.1) is 0 Å². The van der Waals surface area contributed by atoms with Crippen LogP contribution in [-0.4, -0.2) is 22.5 Å². The van der Waals surface area contributed by atoms with Crippen LogP contribution in [0.5, 0.6) is 0 Å². The maximum absolute atomic E-state index is 10.2. The third-order valence-corrected chi connectivity index (χ3v) is 2.11. The van der Waals surface area contributed by atoms with Crippen LogP contribution in [0, 0.1) is 6.92 Å². The average Bonchev–Trinajstić information content (AvgIpc) is 2.09. The van der Waals surface area contributed by atoms with Gasteiger partial charge in [-0.15, -0.1) is 0 Å². The Kier molecular flexibility index (Phi) is 3.22. The zero-order chi connectivity index (χ0) is 8.97. The lowest BCUT2D eigenvalue weighted by Gasteiger charge is -2.01. The normalized spacial score (nSPS) is 9.83. The first-order valence-electron chi connectivity index (χ1n) is 3.58. The molecule has 0 fully saturated rings. The molecule has 1 rings (SSSR count). The Labute approximate surface area is 75.6 Å². The predicted octanol–water partition coefficient (Wildman–Crippen LogP) is 1.25. The van der Waals surface area contributed by atoms with Gasteiger partial charge in [-0.05, 0) is 18.7 Å². The van der Waals surface area contributed by atoms with Crippen LogP contribution >= 0.6 is 11.8 Å². The van der Waals surface area contributed by atoms with Gasteiger partial charge >= 0.3 is 0 Å². The molecule has 0 saturated carbocycles. The van der Waals surface area contributed by atoms with Crippen LogP contribution in [0.25, 0.3) is 0 Å². The second-order valence-corrected chi connectivity index (χ2v) is 3.11. The van der Waals surface area contributed by atoms with E-state index >= 15 is 0 Å². The molecule has 0 unspecified atom stereocenters.